The van der Waals surface area contributed by atoms with Crippen LogP contribution in [0.1, 0.15) is 23.6 Å². The van der Waals surface area contributed by atoms with Gasteiger partial charge in [-0.3, -0.25) is 4.90 Å². The molecule has 0 bridgehead atoms. The van der Waals surface area contributed by atoms with E-state index in [1.54, 1.807) is 12.1 Å². The quantitative estimate of drug-likeness (QED) is 0.913. The van der Waals surface area contributed by atoms with E-state index >= 15 is 0 Å². The summed E-state index contributed by atoms with van der Waals surface area (Å²) in [5, 5.41) is 0. The molecule has 2 rings (SSSR count). The average molecular weight is 272 g/mol. The van der Waals surface area contributed by atoms with Crippen LogP contribution in [-0.4, -0.2) is 36.0 Å². The smallest absolute Gasteiger partial charge is 0.263 e. The van der Waals surface area contributed by atoms with Crippen molar-refractivity contribution in [2.24, 2.45) is 5.73 Å². The van der Waals surface area contributed by atoms with Gasteiger partial charge in [0.2, 0.25) is 0 Å². The summed E-state index contributed by atoms with van der Waals surface area (Å²) in [7, 11) is 0. The van der Waals surface area contributed by atoms with E-state index in [2.05, 4.69) is 4.90 Å². The van der Waals surface area contributed by atoms with E-state index in [-0.39, 0.29) is 11.6 Å². The number of thioether (sulfide) groups is 1. The standard InChI is InChI=1S/C13H18F2N2S/c14-13(15)11-3-1-10(2-4-11)12(9-16)17-5-7-18-8-6-17/h1-4,12-13H,5-9,16H2. The second-order valence-corrected chi connectivity index (χ2v) is 5.59. The van der Waals surface area contributed by atoms with Gasteiger partial charge in [-0.15, -0.1) is 0 Å². The van der Waals surface area contributed by atoms with Crippen LogP contribution in [0.3, 0.4) is 0 Å². The fraction of sp³-hybridized carbons (Fsp3) is 0.538. The Labute approximate surface area is 111 Å². The predicted molar refractivity (Wildman–Crippen MR) is 72.1 cm³/mol. The highest BCUT2D eigenvalue weighted by Gasteiger charge is 2.21. The Hall–Kier alpha value is -0.650. The number of alkyl halides is 2. The summed E-state index contributed by atoms with van der Waals surface area (Å²) in [6, 6.07) is 6.71. The molecule has 1 aliphatic rings. The fourth-order valence-corrected chi connectivity index (χ4v) is 3.18. The van der Waals surface area contributed by atoms with Crippen LogP contribution in [-0.2, 0) is 0 Å². The highest BCUT2D eigenvalue weighted by Crippen LogP contribution is 2.25. The first kappa shape index (κ1) is 13.8. The zero-order chi connectivity index (χ0) is 13.0. The number of benzene rings is 1. The molecule has 1 saturated heterocycles. The molecule has 5 heteroatoms. The predicted octanol–water partition coefficient (Wildman–Crippen LogP) is 2.67. The van der Waals surface area contributed by atoms with Crippen LogP contribution in [0.15, 0.2) is 24.3 Å². The third-order valence-electron chi connectivity index (χ3n) is 3.28. The Balaban J connectivity index is 2.11. The maximum absolute atomic E-state index is 12.5. The lowest BCUT2D eigenvalue weighted by atomic mass is 10.0. The molecule has 1 heterocycles. The molecule has 0 amide bonds. The molecule has 0 radical (unpaired) electrons. The summed E-state index contributed by atoms with van der Waals surface area (Å²) in [6.07, 6.45) is -2.40. The van der Waals surface area contributed by atoms with Crippen molar-refractivity contribution in [2.45, 2.75) is 12.5 Å². The summed E-state index contributed by atoms with van der Waals surface area (Å²) in [6.45, 7) is 2.56. The van der Waals surface area contributed by atoms with Gasteiger partial charge >= 0.3 is 0 Å². The molecule has 1 aromatic carbocycles. The van der Waals surface area contributed by atoms with Gasteiger partial charge in [0.05, 0.1) is 0 Å². The lowest BCUT2D eigenvalue weighted by Crippen LogP contribution is -2.39. The minimum atomic E-state index is -2.40. The Morgan fingerprint density at radius 2 is 1.67 bits per heavy atom. The fourth-order valence-electron chi connectivity index (χ4n) is 2.25. The second kappa shape index (κ2) is 6.50. The second-order valence-electron chi connectivity index (χ2n) is 4.37. The molecular formula is C13H18F2N2S. The Morgan fingerprint density at radius 1 is 1.11 bits per heavy atom. The average Bonchev–Trinajstić information content (AvgIpc) is 2.41. The Kier molecular flexibility index (Phi) is 4.97. The first-order valence-corrected chi connectivity index (χ1v) is 7.27. The molecular weight excluding hydrogens is 254 g/mol. The van der Waals surface area contributed by atoms with Crippen LogP contribution in [0.25, 0.3) is 0 Å². The highest BCUT2D eigenvalue weighted by molar-refractivity contribution is 7.99. The van der Waals surface area contributed by atoms with Gasteiger partial charge in [-0.2, -0.15) is 11.8 Å². The summed E-state index contributed by atoms with van der Waals surface area (Å²) >= 11 is 1.95. The molecule has 1 atom stereocenters. The van der Waals surface area contributed by atoms with Crippen LogP contribution < -0.4 is 5.73 Å². The number of hydrogen-bond acceptors (Lipinski definition) is 3. The molecule has 2 N–H and O–H groups in total. The molecule has 1 aliphatic heterocycles. The third kappa shape index (κ3) is 3.22. The summed E-state index contributed by atoms with van der Waals surface area (Å²) in [5.41, 5.74) is 6.95. The summed E-state index contributed by atoms with van der Waals surface area (Å²) < 4.78 is 25.0. The van der Waals surface area contributed by atoms with E-state index in [1.807, 2.05) is 11.8 Å². The molecule has 100 valence electrons. The van der Waals surface area contributed by atoms with Crippen LogP contribution >= 0.6 is 11.8 Å². The van der Waals surface area contributed by atoms with Gasteiger partial charge in [0.25, 0.3) is 6.43 Å². The van der Waals surface area contributed by atoms with Gasteiger partial charge < -0.3 is 5.73 Å². The van der Waals surface area contributed by atoms with Crippen LogP contribution in [0.5, 0.6) is 0 Å². The topological polar surface area (TPSA) is 29.3 Å². The number of rotatable bonds is 4. The van der Waals surface area contributed by atoms with Crippen molar-refractivity contribution in [2.75, 3.05) is 31.1 Å². The molecule has 0 saturated carbocycles. The maximum atomic E-state index is 12.5. The van der Waals surface area contributed by atoms with Gasteiger partial charge in [0.15, 0.2) is 0 Å². The minimum absolute atomic E-state index is 0.0729. The lowest BCUT2D eigenvalue weighted by molar-refractivity contribution is 0.151. The summed E-state index contributed by atoms with van der Waals surface area (Å²) in [4.78, 5) is 2.34. The minimum Gasteiger partial charge on any atom is -0.329 e. The van der Waals surface area contributed by atoms with Gasteiger partial charge in [0, 0.05) is 42.7 Å². The van der Waals surface area contributed by atoms with Gasteiger partial charge in [-0.25, -0.2) is 8.78 Å². The van der Waals surface area contributed by atoms with E-state index in [4.69, 9.17) is 5.73 Å². The lowest BCUT2D eigenvalue weighted by Gasteiger charge is -2.34. The molecule has 2 nitrogen and oxygen atoms in total. The van der Waals surface area contributed by atoms with Crippen molar-refractivity contribution in [1.29, 1.82) is 0 Å². The molecule has 0 aromatic heterocycles. The van der Waals surface area contributed by atoms with Gasteiger partial charge in [0.1, 0.15) is 0 Å². The van der Waals surface area contributed by atoms with Gasteiger partial charge in [-0.1, -0.05) is 24.3 Å². The van der Waals surface area contributed by atoms with Crippen molar-refractivity contribution in [1.82, 2.24) is 4.90 Å². The molecule has 0 aliphatic carbocycles. The van der Waals surface area contributed by atoms with E-state index in [0.29, 0.717) is 6.54 Å². The third-order valence-corrected chi connectivity index (χ3v) is 4.23. The van der Waals surface area contributed by atoms with E-state index < -0.39 is 6.43 Å². The molecule has 1 fully saturated rings. The van der Waals surface area contributed by atoms with Crippen LogP contribution in [0.4, 0.5) is 8.78 Å². The largest absolute Gasteiger partial charge is 0.329 e. The van der Waals surface area contributed by atoms with Crippen molar-refractivity contribution >= 4 is 11.8 Å². The first-order valence-electron chi connectivity index (χ1n) is 6.12. The Bertz CT molecular complexity index is 364. The summed E-state index contributed by atoms with van der Waals surface area (Å²) in [5.74, 6) is 2.23. The molecule has 1 aromatic rings. The van der Waals surface area contributed by atoms with Gasteiger partial charge in [-0.05, 0) is 5.56 Å². The monoisotopic (exact) mass is 272 g/mol. The SMILES string of the molecule is NCC(c1ccc(C(F)F)cc1)N1CCSCC1. The Morgan fingerprint density at radius 3 is 2.17 bits per heavy atom. The number of halogens is 2. The normalized spacial score (nSPS) is 19.1. The number of hydrogen-bond donors (Lipinski definition) is 1. The first-order chi connectivity index (χ1) is 8.72. The van der Waals surface area contributed by atoms with Crippen molar-refractivity contribution in [3.05, 3.63) is 35.4 Å². The molecule has 18 heavy (non-hydrogen) atoms. The van der Waals surface area contributed by atoms with Crippen molar-refractivity contribution in [3.63, 3.8) is 0 Å². The molecule has 0 spiro atoms. The zero-order valence-corrected chi connectivity index (χ0v) is 11.0. The number of nitrogens with zero attached hydrogens (tertiary/aromatic N) is 1. The highest BCUT2D eigenvalue weighted by atomic mass is 32.2. The zero-order valence-electron chi connectivity index (χ0n) is 10.2. The molecule has 1 unspecified atom stereocenters. The number of nitrogens with two attached hydrogens (primary N) is 1. The van der Waals surface area contributed by atoms with Crippen molar-refractivity contribution in [3.8, 4) is 0 Å². The van der Waals surface area contributed by atoms with E-state index in [0.717, 1.165) is 30.2 Å². The maximum Gasteiger partial charge on any atom is 0.263 e. The van der Waals surface area contributed by atoms with E-state index in [1.165, 1.54) is 12.1 Å². The van der Waals surface area contributed by atoms with Crippen LogP contribution in [0, 0.1) is 0 Å². The van der Waals surface area contributed by atoms with Crippen LogP contribution in [0.2, 0.25) is 0 Å². The van der Waals surface area contributed by atoms with Crippen molar-refractivity contribution < 1.29 is 8.78 Å². The van der Waals surface area contributed by atoms with E-state index in [9.17, 15) is 8.78 Å².